The maximum Gasteiger partial charge on any atom is 0.330 e. The number of para-hydroxylation sites is 1. The molecule has 1 aliphatic heterocycles. The molecule has 1 spiro atoms. The number of likely N-dealkylation sites (N-methyl/N-ethyl adjacent to an activating group) is 1. The first-order chi connectivity index (χ1) is 17.6. The van der Waals surface area contributed by atoms with Crippen LogP contribution in [0.1, 0.15) is 29.8 Å². The van der Waals surface area contributed by atoms with Crippen LogP contribution < -0.4 is 16.7 Å². The van der Waals surface area contributed by atoms with Crippen LogP contribution in [0, 0.1) is 0 Å². The van der Waals surface area contributed by atoms with Crippen molar-refractivity contribution in [3.8, 4) is 0 Å². The first-order valence-electron chi connectivity index (χ1n) is 11.8. The number of hydrogen-bond acceptors (Lipinski definition) is 6. The lowest BCUT2D eigenvalue weighted by Crippen LogP contribution is -2.48. The van der Waals surface area contributed by atoms with Gasteiger partial charge in [-0.15, -0.1) is 0 Å². The number of nitrogens with two attached hydrogens (primary N) is 1. The van der Waals surface area contributed by atoms with Crippen LogP contribution >= 0.6 is 0 Å². The molecule has 2 atom stereocenters. The van der Waals surface area contributed by atoms with Crippen LogP contribution in [0.3, 0.4) is 0 Å². The fourth-order valence-corrected chi connectivity index (χ4v) is 5.60. The molecule has 188 valence electrons. The summed E-state index contributed by atoms with van der Waals surface area (Å²) >= 11 is 0. The van der Waals surface area contributed by atoms with E-state index in [4.69, 9.17) is 10.7 Å². The summed E-state index contributed by atoms with van der Waals surface area (Å²) in [4.78, 5) is 56.0. The minimum atomic E-state index is -1.14. The van der Waals surface area contributed by atoms with Crippen molar-refractivity contribution >= 4 is 45.5 Å². The minimum absolute atomic E-state index is 0.120. The highest BCUT2D eigenvalue weighted by molar-refractivity contribution is 6.08. The maximum atomic E-state index is 13.3. The summed E-state index contributed by atoms with van der Waals surface area (Å²) in [6.07, 6.45) is 0.837. The van der Waals surface area contributed by atoms with Crippen molar-refractivity contribution in [3.63, 3.8) is 0 Å². The number of rotatable bonds is 4. The zero-order valence-corrected chi connectivity index (χ0v) is 20.2. The molecule has 0 radical (unpaired) electrons. The smallest absolute Gasteiger partial charge is 0.330 e. The summed E-state index contributed by atoms with van der Waals surface area (Å²) in [6.45, 7) is 1.56. The van der Waals surface area contributed by atoms with Crippen molar-refractivity contribution in [2.45, 2.75) is 37.9 Å². The van der Waals surface area contributed by atoms with Crippen molar-refractivity contribution in [2.24, 2.45) is 0 Å². The van der Waals surface area contributed by atoms with Crippen molar-refractivity contribution in [3.05, 3.63) is 69.8 Å². The Morgan fingerprint density at radius 2 is 1.89 bits per heavy atom. The van der Waals surface area contributed by atoms with Crippen LogP contribution in [0.5, 0.6) is 0 Å². The van der Waals surface area contributed by atoms with E-state index in [9.17, 15) is 24.3 Å². The van der Waals surface area contributed by atoms with Gasteiger partial charge in [-0.3, -0.25) is 24.2 Å². The van der Waals surface area contributed by atoms with Gasteiger partial charge >= 0.3 is 17.7 Å². The third-order valence-corrected chi connectivity index (χ3v) is 7.70. The molecule has 6 rings (SSSR count). The Hall–Kier alpha value is -4.67. The molecule has 11 heteroatoms. The van der Waals surface area contributed by atoms with Gasteiger partial charge in [-0.25, -0.2) is 14.4 Å². The lowest BCUT2D eigenvalue weighted by Gasteiger charge is -2.27. The van der Waals surface area contributed by atoms with Gasteiger partial charge in [0, 0.05) is 25.3 Å². The second-order valence-corrected chi connectivity index (χ2v) is 9.79. The first kappa shape index (κ1) is 22.8. The zero-order chi connectivity index (χ0) is 26.2. The molecule has 0 bridgehead atoms. The molecule has 37 heavy (non-hydrogen) atoms. The van der Waals surface area contributed by atoms with E-state index >= 15 is 0 Å². The highest BCUT2D eigenvalue weighted by Gasteiger charge is 2.54. The third kappa shape index (κ3) is 3.16. The number of aromatic nitrogens is 3. The predicted molar refractivity (Wildman–Crippen MR) is 135 cm³/mol. The number of nitrogens with one attached hydrogen (secondary N) is 1. The summed E-state index contributed by atoms with van der Waals surface area (Å²) in [6, 6.07) is 11.2. The number of carbonyl (C=O) groups is 3. The molecule has 0 saturated carbocycles. The number of imide groups is 1. The van der Waals surface area contributed by atoms with E-state index in [2.05, 4.69) is 5.32 Å². The fraction of sp³-hybridized carbons (Fsp3) is 0.269. The number of aliphatic carboxylic acids is 1. The number of pyridine rings is 1. The van der Waals surface area contributed by atoms with Gasteiger partial charge in [0.2, 0.25) is 0 Å². The van der Waals surface area contributed by atoms with E-state index < -0.39 is 29.3 Å². The summed E-state index contributed by atoms with van der Waals surface area (Å²) in [7, 11) is 1.63. The Kier molecular flexibility index (Phi) is 4.72. The van der Waals surface area contributed by atoms with E-state index in [1.54, 1.807) is 25.2 Å². The number of nitrogens with zero attached hydrogens (tertiary/aromatic N) is 4. The van der Waals surface area contributed by atoms with Crippen LogP contribution in [-0.4, -0.2) is 54.6 Å². The van der Waals surface area contributed by atoms with Crippen LogP contribution in [-0.2, 0) is 29.0 Å². The van der Waals surface area contributed by atoms with Gasteiger partial charge in [0.05, 0.1) is 34.5 Å². The summed E-state index contributed by atoms with van der Waals surface area (Å²) in [5.74, 6) is -1.43. The number of carboxylic acid groups (broad SMARTS) is 1. The van der Waals surface area contributed by atoms with Gasteiger partial charge in [0.25, 0.3) is 5.91 Å². The number of anilines is 1. The molecule has 11 nitrogen and oxygen atoms in total. The summed E-state index contributed by atoms with van der Waals surface area (Å²) in [5, 5.41) is 12.8. The molecule has 2 aromatic carbocycles. The topological polar surface area (TPSA) is 153 Å². The number of carbonyl (C=O) groups excluding carboxylic acids is 2. The van der Waals surface area contributed by atoms with Gasteiger partial charge in [-0.05, 0) is 48.4 Å². The highest BCUT2D eigenvalue weighted by Crippen LogP contribution is 2.38. The second-order valence-electron chi connectivity index (χ2n) is 9.79. The van der Waals surface area contributed by atoms with E-state index in [1.807, 2.05) is 24.3 Å². The monoisotopic (exact) mass is 500 g/mol. The molecule has 1 saturated heterocycles. The Morgan fingerprint density at radius 1 is 1.16 bits per heavy atom. The lowest BCUT2D eigenvalue weighted by molar-refractivity contribution is -0.140. The summed E-state index contributed by atoms with van der Waals surface area (Å²) < 4.78 is 2.68. The number of urea groups is 1. The number of hydrogen-bond donors (Lipinski definition) is 3. The van der Waals surface area contributed by atoms with Crippen molar-refractivity contribution in [1.82, 2.24) is 24.3 Å². The van der Waals surface area contributed by atoms with Crippen LogP contribution in [0.15, 0.2) is 47.3 Å². The normalized spacial score (nSPS) is 19.7. The van der Waals surface area contributed by atoms with Gasteiger partial charge in [0.15, 0.2) is 0 Å². The number of benzene rings is 2. The molecular formula is C26H24N6O5. The molecule has 3 heterocycles. The average molecular weight is 501 g/mol. The van der Waals surface area contributed by atoms with Crippen LogP contribution in [0.4, 0.5) is 10.5 Å². The van der Waals surface area contributed by atoms with E-state index in [1.165, 1.54) is 21.0 Å². The van der Waals surface area contributed by atoms with Gasteiger partial charge in [0.1, 0.15) is 11.6 Å². The Bertz CT molecular complexity index is 1740. The SMILES string of the molecule is CC(C(=O)O)n1c(=O)n(Cc2ccc3cc4c(cc3n2)C[C@]2(C4)C(=O)NC(=O)N2C)c2cccc(N)c21. The minimum Gasteiger partial charge on any atom is -0.480 e. The molecule has 2 aliphatic rings. The maximum absolute atomic E-state index is 13.3. The molecular weight excluding hydrogens is 476 g/mol. The zero-order valence-electron chi connectivity index (χ0n) is 20.2. The molecule has 1 fully saturated rings. The third-order valence-electron chi connectivity index (χ3n) is 7.70. The molecule has 4 aromatic rings. The van der Waals surface area contributed by atoms with E-state index in [0.717, 1.165) is 16.5 Å². The number of imidazole rings is 1. The molecule has 4 N–H and O–H groups in total. The number of amides is 3. The van der Waals surface area contributed by atoms with Gasteiger partial charge < -0.3 is 15.7 Å². The quantitative estimate of drug-likeness (QED) is 0.284. The molecule has 1 aliphatic carbocycles. The molecule has 3 amide bonds. The van der Waals surface area contributed by atoms with Crippen molar-refractivity contribution < 1.29 is 19.5 Å². The van der Waals surface area contributed by atoms with E-state index in [0.29, 0.717) is 40.8 Å². The standard InChI is InChI=1S/C26H24N6O5/c1-13(22(33)34)32-21-18(27)4-3-5-20(21)31(25(32)37)12-17-7-6-14-8-15-10-26(11-16(15)9-19(14)28-17)23(35)29-24(36)30(26)2/h3-9,13H,10-12,27H2,1-2H3,(H,33,34)(H,29,35,36)/t13?,26-/m1/s1. The first-order valence-corrected chi connectivity index (χ1v) is 11.8. The Morgan fingerprint density at radius 3 is 2.57 bits per heavy atom. The van der Waals surface area contributed by atoms with Gasteiger partial charge in [-0.1, -0.05) is 12.1 Å². The largest absolute Gasteiger partial charge is 0.480 e. The number of carboxylic acids is 1. The molecule has 1 unspecified atom stereocenters. The average Bonchev–Trinajstić information content (AvgIpc) is 3.44. The van der Waals surface area contributed by atoms with Crippen molar-refractivity contribution in [2.75, 3.05) is 12.8 Å². The predicted octanol–water partition coefficient (Wildman–Crippen LogP) is 1.65. The molecule has 2 aromatic heterocycles. The van der Waals surface area contributed by atoms with Gasteiger partial charge in [-0.2, -0.15) is 0 Å². The highest BCUT2D eigenvalue weighted by atomic mass is 16.4. The summed E-state index contributed by atoms with van der Waals surface area (Å²) in [5.41, 5.74) is 9.21. The van der Waals surface area contributed by atoms with Crippen molar-refractivity contribution in [1.29, 1.82) is 0 Å². The van der Waals surface area contributed by atoms with Crippen LogP contribution in [0.2, 0.25) is 0 Å². The second kappa shape index (κ2) is 7.66. The van der Waals surface area contributed by atoms with E-state index in [-0.39, 0.29) is 12.5 Å². The number of nitrogen functional groups attached to an aromatic ring is 1. The lowest BCUT2D eigenvalue weighted by atomic mass is 9.95. The Balaban J connectivity index is 1.41. The number of fused-ring (bicyclic) bond motifs is 3. The fourth-order valence-electron chi connectivity index (χ4n) is 5.60. The Labute approximate surface area is 210 Å². The van der Waals surface area contributed by atoms with Crippen LogP contribution in [0.25, 0.3) is 21.9 Å².